The molecule has 2 aliphatic rings. The molecular weight excluding hydrogens is 716 g/mol. The molecular formula is C43H28CuN4O5. The van der Waals surface area contributed by atoms with Crippen LogP contribution in [-0.2, 0) is 23.5 Å². The van der Waals surface area contributed by atoms with Gasteiger partial charge in [-0.05, 0) is 54.1 Å². The fourth-order valence-corrected chi connectivity index (χ4v) is 5.77. The molecule has 0 spiro atoms. The second kappa shape index (κ2) is 14.9. The summed E-state index contributed by atoms with van der Waals surface area (Å²) in [4.78, 5) is 9.18. The van der Waals surface area contributed by atoms with E-state index in [1.807, 2.05) is 146 Å². The van der Waals surface area contributed by atoms with Crippen LogP contribution in [0.15, 0.2) is 178 Å². The van der Waals surface area contributed by atoms with Crippen LogP contribution in [0.3, 0.4) is 0 Å². The standard InChI is InChI=1S/C22H15N2O2.C21H13N2O3.Cu/c1-2-8-15(9-3-1)14-16(21-23-17-10-4-6-12-19(17)25-21)22-24-18-11-5-7-13-20(18)26-22;1-2-8-14(9-3-1)24-19(20-22-15-10-4-6-12-17(15)25-20)21-23-16-11-5-7-13-18(16)26-21;/h1-13H,14H2;1-13H;/q2*-1;+2/b21-16+;20-19-;. The van der Waals surface area contributed by atoms with Crippen LogP contribution in [-0.4, -0.2) is 9.97 Å². The van der Waals surface area contributed by atoms with Gasteiger partial charge in [-0.2, -0.15) is 0 Å². The van der Waals surface area contributed by atoms with Crippen LogP contribution in [0.2, 0.25) is 0 Å². The van der Waals surface area contributed by atoms with E-state index >= 15 is 0 Å². The van der Waals surface area contributed by atoms with Gasteiger partial charge in [-0.1, -0.05) is 121 Å². The van der Waals surface area contributed by atoms with E-state index in [9.17, 15) is 0 Å². The molecule has 0 fully saturated rings. The van der Waals surface area contributed by atoms with Gasteiger partial charge in [-0.15, -0.1) is 0 Å². The number of hydrogen-bond acceptors (Lipinski definition) is 7. The van der Waals surface area contributed by atoms with Gasteiger partial charge < -0.3 is 33.7 Å². The van der Waals surface area contributed by atoms with E-state index in [1.165, 1.54) is 0 Å². The van der Waals surface area contributed by atoms with Gasteiger partial charge in [0.1, 0.15) is 28.3 Å². The number of rotatable bonds is 6. The van der Waals surface area contributed by atoms with Crippen molar-refractivity contribution in [2.45, 2.75) is 6.42 Å². The summed E-state index contributed by atoms with van der Waals surface area (Å²) in [5.41, 5.74) is 6.54. The summed E-state index contributed by atoms with van der Waals surface area (Å²) in [5, 5.41) is 9.18. The molecule has 10 rings (SSSR count). The van der Waals surface area contributed by atoms with Crippen LogP contribution < -0.4 is 14.2 Å². The molecule has 2 aromatic heterocycles. The predicted octanol–water partition coefficient (Wildman–Crippen LogP) is 11.5. The Morgan fingerprint density at radius 3 is 1.62 bits per heavy atom. The predicted molar refractivity (Wildman–Crippen MR) is 199 cm³/mol. The number of ether oxygens (including phenoxy) is 3. The Balaban J connectivity index is 0.000000148. The molecule has 0 aliphatic carbocycles. The molecule has 8 aromatic rings. The molecule has 0 amide bonds. The molecule has 53 heavy (non-hydrogen) atoms. The van der Waals surface area contributed by atoms with E-state index in [4.69, 9.17) is 23.0 Å². The minimum absolute atomic E-state index is 0. The van der Waals surface area contributed by atoms with Gasteiger partial charge in [0.2, 0.25) is 11.6 Å². The molecule has 0 saturated heterocycles. The first-order valence-corrected chi connectivity index (χ1v) is 16.7. The Hall–Kier alpha value is -6.74. The van der Waals surface area contributed by atoms with Gasteiger partial charge in [-0.3, -0.25) is 0 Å². The molecule has 0 saturated carbocycles. The fourth-order valence-electron chi connectivity index (χ4n) is 5.77. The largest absolute Gasteiger partial charge is 2.00 e. The summed E-state index contributed by atoms with van der Waals surface area (Å²) < 4.78 is 29.8. The Labute approximate surface area is 315 Å². The third kappa shape index (κ3) is 7.10. The Morgan fingerprint density at radius 1 is 0.509 bits per heavy atom. The Kier molecular flexibility index (Phi) is 9.36. The zero-order valence-corrected chi connectivity index (χ0v) is 28.8. The van der Waals surface area contributed by atoms with Crippen molar-refractivity contribution >= 4 is 44.9 Å². The van der Waals surface area contributed by atoms with Crippen molar-refractivity contribution in [1.82, 2.24) is 9.97 Å². The number of allylic oxidation sites excluding steroid dienone is 1. The third-order valence-electron chi connectivity index (χ3n) is 8.27. The molecule has 2 aliphatic heterocycles. The minimum atomic E-state index is 0. The summed E-state index contributed by atoms with van der Waals surface area (Å²) in [6.07, 6.45) is 0.625. The smallest absolute Gasteiger partial charge is 0.624 e. The first-order chi connectivity index (χ1) is 25.7. The zero-order chi connectivity index (χ0) is 34.7. The number of aromatic nitrogens is 2. The summed E-state index contributed by atoms with van der Waals surface area (Å²) in [6, 6.07) is 50.2. The maximum Gasteiger partial charge on any atom is 2.00 e. The average Bonchev–Trinajstić information content (AvgIpc) is 4.01. The normalized spacial score (nSPS) is 14.3. The van der Waals surface area contributed by atoms with Gasteiger partial charge in [0, 0.05) is 17.9 Å². The SMILES string of the molecule is [Cu+2].c1ccc(C/C(=C2/[N-]c3ccccc3O2)c2nc3ccccc3o2)cc1.c1ccc(O/C(=C2/[N-]c3ccccc3O2)c2nc3ccccc3o2)cc1. The number of benzene rings is 6. The van der Waals surface area contributed by atoms with E-state index < -0.39 is 0 Å². The van der Waals surface area contributed by atoms with Crippen molar-refractivity contribution in [3.63, 3.8) is 0 Å². The second-order valence-electron chi connectivity index (χ2n) is 11.8. The maximum absolute atomic E-state index is 6.05. The summed E-state index contributed by atoms with van der Waals surface area (Å²) in [6.45, 7) is 0. The van der Waals surface area contributed by atoms with Crippen LogP contribution >= 0.6 is 0 Å². The molecule has 0 atom stereocenters. The number of nitrogens with zero attached hydrogens (tertiary/aromatic N) is 4. The molecule has 10 heteroatoms. The number of oxazole rings is 2. The van der Waals surface area contributed by atoms with Crippen molar-refractivity contribution in [2.24, 2.45) is 0 Å². The van der Waals surface area contributed by atoms with Crippen molar-refractivity contribution in [3.8, 4) is 17.2 Å². The minimum Gasteiger partial charge on any atom is -0.624 e. The summed E-state index contributed by atoms with van der Waals surface area (Å²) in [7, 11) is 0. The molecule has 0 bridgehead atoms. The summed E-state index contributed by atoms with van der Waals surface area (Å²) in [5.74, 6) is 4.14. The van der Waals surface area contributed by atoms with Crippen molar-refractivity contribution in [2.75, 3.05) is 0 Å². The number of hydrogen-bond donors (Lipinski definition) is 0. The van der Waals surface area contributed by atoms with Gasteiger partial charge in [-0.25, -0.2) is 9.97 Å². The molecule has 0 unspecified atom stereocenters. The van der Waals surface area contributed by atoms with Gasteiger partial charge >= 0.3 is 17.1 Å². The van der Waals surface area contributed by atoms with E-state index in [2.05, 4.69) is 32.7 Å². The van der Waals surface area contributed by atoms with E-state index in [1.54, 1.807) is 0 Å². The van der Waals surface area contributed by atoms with Crippen molar-refractivity contribution in [3.05, 3.63) is 197 Å². The van der Waals surface area contributed by atoms with Gasteiger partial charge in [0.15, 0.2) is 11.2 Å². The molecule has 0 N–H and O–H groups in total. The van der Waals surface area contributed by atoms with E-state index in [0.29, 0.717) is 52.8 Å². The van der Waals surface area contributed by atoms with Gasteiger partial charge in [0.25, 0.3) is 5.89 Å². The fraction of sp³-hybridized carbons (Fsp3) is 0.0233. The second-order valence-corrected chi connectivity index (χ2v) is 11.8. The van der Waals surface area contributed by atoms with Crippen LogP contribution in [0.1, 0.15) is 17.3 Å². The maximum atomic E-state index is 6.05. The van der Waals surface area contributed by atoms with Crippen LogP contribution in [0, 0.1) is 0 Å². The molecule has 4 heterocycles. The molecule has 1 radical (unpaired) electrons. The van der Waals surface area contributed by atoms with Crippen LogP contribution in [0.4, 0.5) is 11.4 Å². The first kappa shape index (κ1) is 33.4. The first-order valence-electron chi connectivity index (χ1n) is 16.7. The van der Waals surface area contributed by atoms with Crippen LogP contribution in [0.25, 0.3) is 44.2 Å². The van der Waals surface area contributed by atoms with E-state index in [-0.39, 0.29) is 17.1 Å². The third-order valence-corrected chi connectivity index (χ3v) is 8.27. The van der Waals surface area contributed by atoms with Crippen LogP contribution in [0.5, 0.6) is 17.2 Å². The Morgan fingerprint density at radius 2 is 1.00 bits per heavy atom. The van der Waals surface area contributed by atoms with Crippen molar-refractivity contribution < 1.29 is 40.1 Å². The summed E-state index contributed by atoms with van der Waals surface area (Å²) >= 11 is 0. The quantitative estimate of drug-likeness (QED) is 0.123. The molecule has 6 aromatic carbocycles. The van der Waals surface area contributed by atoms with Crippen molar-refractivity contribution in [1.29, 1.82) is 0 Å². The monoisotopic (exact) mass is 743 g/mol. The number of para-hydroxylation sites is 9. The molecule has 261 valence electrons. The van der Waals surface area contributed by atoms with E-state index in [0.717, 1.165) is 44.9 Å². The average molecular weight is 744 g/mol. The zero-order valence-electron chi connectivity index (χ0n) is 27.8. The Bertz CT molecular complexity index is 2300. The topological polar surface area (TPSA) is 108 Å². The number of fused-ring (bicyclic) bond motifs is 4. The molecule has 9 nitrogen and oxygen atoms in total. The van der Waals surface area contributed by atoms with Gasteiger partial charge in [0.05, 0.1) is 5.88 Å².